The number of aromatic nitrogens is 2. The lowest BCUT2D eigenvalue weighted by molar-refractivity contribution is 0.0911. The Hall–Kier alpha value is -3.28. The average Bonchev–Trinajstić information content (AvgIpc) is 3.12. The van der Waals surface area contributed by atoms with Gasteiger partial charge < -0.3 is 14.8 Å². The molecule has 3 aromatic rings. The highest BCUT2D eigenvalue weighted by Crippen LogP contribution is 2.25. The van der Waals surface area contributed by atoms with E-state index in [1.807, 2.05) is 69.3 Å². The van der Waals surface area contributed by atoms with Gasteiger partial charge in [0.15, 0.2) is 0 Å². The van der Waals surface area contributed by atoms with Crippen LogP contribution in [0.25, 0.3) is 16.9 Å². The molecule has 3 rings (SSSR count). The lowest BCUT2D eigenvalue weighted by Crippen LogP contribution is -2.41. The summed E-state index contributed by atoms with van der Waals surface area (Å²) in [6.45, 7) is 5.84. The molecule has 0 bridgehead atoms. The summed E-state index contributed by atoms with van der Waals surface area (Å²) in [5.74, 6) is 1.33. The van der Waals surface area contributed by atoms with Gasteiger partial charge in [0.2, 0.25) is 0 Å². The van der Waals surface area contributed by atoms with Crippen LogP contribution in [-0.2, 0) is 0 Å². The minimum absolute atomic E-state index is 0.185. The van der Waals surface area contributed by atoms with Crippen LogP contribution in [0, 0.1) is 0 Å². The average molecular weight is 379 g/mol. The maximum absolute atomic E-state index is 12.9. The van der Waals surface area contributed by atoms with E-state index < -0.39 is 0 Å². The zero-order chi connectivity index (χ0) is 20.3. The molecule has 2 aromatic carbocycles. The zero-order valence-corrected chi connectivity index (χ0v) is 16.8. The number of rotatable bonds is 5. The number of hydrogen-bond donors (Lipinski definition) is 1. The Morgan fingerprint density at radius 2 is 1.46 bits per heavy atom. The fourth-order valence-corrected chi connectivity index (χ4v) is 2.77. The van der Waals surface area contributed by atoms with E-state index in [0.29, 0.717) is 11.4 Å². The summed E-state index contributed by atoms with van der Waals surface area (Å²) in [5.41, 5.74) is 2.49. The first-order valence-electron chi connectivity index (χ1n) is 9.02. The van der Waals surface area contributed by atoms with Crippen molar-refractivity contribution in [1.29, 1.82) is 0 Å². The fourth-order valence-electron chi connectivity index (χ4n) is 2.77. The van der Waals surface area contributed by atoms with Crippen molar-refractivity contribution >= 4 is 5.91 Å². The van der Waals surface area contributed by atoms with Crippen LogP contribution in [0.4, 0.5) is 0 Å². The third kappa shape index (κ3) is 4.34. The summed E-state index contributed by atoms with van der Waals surface area (Å²) in [6, 6.07) is 16.8. The van der Waals surface area contributed by atoms with Crippen LogP contribution in [-0.4, -0.2) is 35.4 Å². The van der Waals surface area contributed by atoms with Crippen molar-refractivity contribution in [2.24, 2.45) is 0 Å². The molecule has 1 aromatic heterocycles. The number of carbonyl (C=O) groups excluding carboxylic acids is 1. The Kier molecular flexibility index (Phi) is 5.40. The molecule has 6 nitrogen and oxygen atoms in total. The van der Waals surface area contributed by atoms with E-state index >= 15 is 0 Å². The first-order valence-corrected chi connectivity index (χ1v) is 9.02. The second-order valence-electron chi connectivity index (χ2n) is 7.46. The Morgan fingerprint density at radius 1 is 0.929 bits per heavy atom. The highest BCUT2D eigenvalue weighted by molar-refractivity contribution is 5.94. The van der Waals surface area contributed by atoms with Gasteiger partial charge in [-0.25, -0.2) is 4.68 Å². The third-order valence-electron chi connectivity index (χ3n) is 4.13. The maximum Gasteiger partial charge on any atom is 0.270 e. The summed E-state index contributed by atoms with van der Waals surface area (Å²) < 4.78 is 12.1. The van der Waals surface area contributed by atoms with E-state index in [1.54, 1.807) is 25.0 Å². The molecule has 1 N–H and O–H groups in total. The number of benzene rings is 2. The van der Waals surface area contributed by atoms with Gasteiger partial charge in [-0.2, -0.15) is 5.10 Å². The lowest BCUT2D eigenvalue weighted by atomic mass is 10.1. The minimum atomic E-state index is -0.355. The third-order valence-corrected chi connectivity index (χ3v) is 4.13. The molecule has 0 saturated carbocycles. The van der Waals surface area contributed by atoms with E-state index in [4.69, 9.17) is 9.47 Å². The highest BCUT2D eigenvalue weighted by atomic mass is 16.5. The van der Waals surface area contributed by atoms with Crippen molar-refractivity contribution in [3.8, 4) is 28.4 Å². The topological polar surface area (TPSA) is 65.4 Å². The molecule has 28 heavy (non-hydrogen) atoms. The van der Waals surface area contributed by atoms with Gasteiger partial charge in [0.05, 0.1) is 25.6 Å². The zero-order valence-electron chi connectivity index (χ0n) is 16.8. The van der Waals surface area contributed by atoms with E-state index in [2.05, 4.69) is 10.4 Å². The van der Waals surface area contributed by atoms with Crippen LogP contribution in [0.1, 0.15) is 31.3 Å². The van der Waals surface area contributed by atoms with E-state index in [1.165, 1.54) is 0 Å². The van der Waals surface area contributed by atoms with Crippen LogP contribution < -0.4 is 14.8 Å². The van der Waals surface area contributed by atoms with Crippen molar-refractivity contribution < 1.29 is 14.3 Å². The molecule has 0 atom stereocenters. The van der Waals surface area contributed by atoms with Crippen molar-refractivity contribution in [1.82, 2.24) is 15.1 Å². The SMILES string of the molecule is COc1ccc(-c2cc(C(=O)NC(C)(C)C)n(-c3ccc(OC)cc3)n2)cc1. The van der Waals surface area contributed by atoms with Crippen molar-refractivity contribution in [3.63, 3.8) is 0 Å². The van der Waals surface area contributed by atoms with Crippen LogP contribution in [0.3, 0.4) is 0 Å². The first kappa shape index (κ1) is 19.5. The van der Waals surface area contributed by atoms with Gasteiger partial charge in [0.25, 0.3) is 5.91 Å². The molecule has 0 radical (unpaired) electrons. The second kappa shape index (κ2) is 7.76. The largest absolute Gasteiger partial charge is 0.497 e. The molecule has 0 saturated heterocycles. The number of nitrogens with zero attached hydrogens (tertiary/aromatic N) is 2. The van der Waals surface area contributed by atoms with Crippen molar-refractivity contribution in [3.05, 3.63) is 60.3 Å². The quantitative estimate of drug-likeness (QED) is 0.725. The Morgan fingerprint density at radius 3 is 1.96 bits per heavy atom. The van der Waals surface area contributed by atoms with Gasteiger partial charge in [-0.1, -0.05) is 0 Å². The number of amides is 1. The molecule has 0 fully saturated rings. The van der Waals surface area contributed by atoms with Gasteiger partial charge >= 0.3 is 0 Å². The number of methoxy groups -OCH3 is 2. The summed E-state index contributed by atoms with van der Waals surface area (Å²) in [6.07, 6.45) is 0. The first-order chi connectivity index (χ1) is 13.3. The van der Waals surface area contributed by atoms with E-state index in [0.717, 1.165) is 22.7 Å². The minimum Gasteiger partial charge on any atom is -0.497 e. The molecule has 0 aliphatic rings. The van der Waals surface area contributed by atoms with Gasteiger partial charge in [0, 0.05) is 11.1 Å². The molecule has 0 aliphatic heterocycles. The molecule has 0 unspecified atom stereocenters. The van der Waals surface area contributed by atoms with Crippen LogP contribution in [0.15, 0.2) is 54.6 Å². The van der Waals surface area contributed by atoms with Crippen LogP contribution >= 0.6 is 0 Å². The predicted octanol–water partition coefficient (Wildman–Crippen LogP) is 4.08. The second-order valence-corrected chi connectivity index (χ2v) is 7.46. The summed E-state index contributed by atoms with van der Waals surface area (Å²) >= 11 is 0. The Labute approximate surface area is 165 Å². The smallest absolute Gasteiger partial charge is 0.270 e. The molecule has 146 valence electrons. The van der Waals surface area contributed by atoms with E-state index in [-0.39, 0.29) is 11.4 Å². The monoisotopic (exact) mass is 379 g/mol. The molecular weight excluding hydrogens is 354 g/mol. The molecule has 1 heterocycles. The van der Waals surface area contributed by atoms with Crippen molar-refractivity contribution in [2.45, 2.75) is 26.3 Å². The molecular formula is C22H25N3O3. The number of ether oxygens (including phenoxy) is 2. The standard InChI is InChI=1S/C22H25N3O3/c1-22(2,3)23-21(26)20-14-19(15-6-10-17(27-4)11-7-15)24-25(20)16-8-12-18(28-5)13-9-16/h6-14H,1-5H3,(H,23,26). The number of nitrogens with one attached hydrogen (secondary N) is 1. The van der Waals surface area contributed by atoms with Gasteiger partial charge in [-0.3, -0.25) is 4.79 Å². The van der Waals surface area contributed by atoms with Crippen LogP contribution in [0.5, 0.6) is 11.5 Å². The van der Waals surface area contributed by atoms with Gasteiger partial charge in [0.1, 0.15) is 17.2 Å². The summed E-state index contributed by atoms with van der Waals surface area (Å²) in [5, 5.41) is 7.69. The highest BCUT2D eigenvalue weighted by Gasteiger charge is 2.21. The fraction of sp³-hybridized carbons (Fsp3) is 0.273. The molecule has 1 amide bonds. The number of carbonyl (C=O) groups is 1. The van der Waals surface area contributed by atoms with Gasteiger partial charge in [-0.05, 0) is 75.4 Å². The van der Waals surface area contributed by atoms with Crippen LogP contribution in [0.2, 0.25) is 0 Å². The van der Waals surface area contributed by atoms with E-state index in [9.17, 15) is 4.79 Å². The Bertz CT molecular complexity index is 952. The molecule has 6 heteroatoms. The Balaban J connectivity index is 2.06. The van der Waals surface area contributed by atoms with Crippen molar-refractivity contribution in [2.75, 3.05) is 14.2 Å². The van der Waals surface area contributed by atoms with Gasteiger partial charge in [-0.15, -0.1) is 0 Å². The normalized spacial score (nSPS) is 11.2. The lowest BCUT2D eigenvalue weighted by Gasteiger charge is -2.20. The summed E-state index contributed by atoms with van der Waals surface area (Å²) in [4.78, 5) is 12.9. The number of hydrogen-bond acceptors (Lipinski definition) is 4. The predicted molar refractivity (Wildman–Crippen MR) is 109 cm³/mol. The maximum atomic E-state index is 12.9. The summed E-state index contributed by atoms with van der Waals surface area (Å²) in [7, 11) is 3.25. The molecule has 0 spiro atoms. The molecule has 0 aliphatic carbocycles.